The molecule has 2 aliphatic heterocycles. The highest BCUT2D eigenvalue weighted by Crippen LogP contribution is 2.44. The van der Waals surface area contributed by atoms with Crippen LogP contribution < -0.4 is 15.6 Å². The van der Waals surface area contributed by atoms with E-state index < -0.39 is 0 Å². The summed E-state index contributed by atoms with van der Waals surface area (Å²) in [4.78, 5) is 34.8. The van der Waals surface area contributed by atoms with Crippen LogP contribution in [0.5, 0.6) is 5.75 Å². The molecule has 1 atom stereocenters. The zero-order valence-corrected chi connectivity index (χ0v) is 18.3. The number of carbonyl (C=O) groups excluding carboxylic acids is 1. The van der Waals surface area contributed by atoms with Crippen molar-refractivity contribution in [2.75, 3.05) is 20.1 Å². The van der Waals surface area contributed by atoms with Crippen LogP contribution in [0.15, 0.2) is 53.3 Å². The Hall–Kier alpha value is -3.19. The molecule has 5 rings (SSSR count). The van der Waals surface area contributed by atoms with Crippen LogP contribution in [-0.4, -0.2) is 46.5 Å². The Kier molecular flexibility index (Phi) is 5.43. The van der Waals surface area contributed by atoms with Gasteiger partial charge in [-0.25, -0.2) is 4.98 Å². The third-order valence-electron chi connectivity index (χ3n) is 6.68. The van der Waals surface area contributed by atoms with Gasteiger partial charge in [-0.3, -0.25) is 9.59 Å². The van der Waals surface area contributed by atoms with Crippen molar-refractivity contribution in [1.82, 2.24) is 20.2 Å². The van der Waals surface area contributed by atoms with Crippen LogP contribution in [0.2, 0.25) is 0 Å². The Balaban J connectivity index is 1.29. The average molecular weight is 433 g/mol. The van der Waals surface area contributed by atoms with E-state index in [1.165, 1.54) is 0 Å². The summed E-state index contributed by atoms with van der Waals surface area (Å²) >= 11 is 0. The van der Waals surface area contributed by atoms with E-state index in [4.69, 9.17) is 4.74 Å². The SMILES string of the molecule is CN1CCC2(CC1)CC(NC(=O)CCc1nc3ccccc3c(=O)[nH]1)c1ccccc1O2. The van der Waals surface area contributed by atoms with E-state index in [9.17, 15) is 9.59 Å². The number of hydrogen-bond acceptors (Lipinski definition) is 5. The van der Waals surface area contributed by atoms with Gasteiger partial charge < -0.3 is 19.9 Å². The van der Waals surface area contributed by atoms with Gasteiger partial charge in [0, 0.05) is 37.9 Å². The van der Waals surface area contributed by atoms with Crippen LogP contribution in [0.1, 0.15) is 43.1 Å². The lowest BCUT2D eigenvalue weighted by atomic mass is 9.80. The van der Waals surface area contributed by atoms with Gasteiger partial charge >= 0.3 is 0 Å². The minimum atomic E-state index is -0.232. The number of fused-ring (bicyclic) bond motifs is 2. The number of piperidine rings is 1. The Morgan fingerprint density at radius 2 is 1.94 bits per heavy atom. The lowest BCUT2D eigenvalue weighted by Gasteiger charge is -2.46. The van der Waals surface area contributed by atoms with E-state index in [1.54, 1.807) is 6.07 Å². The first-order valence-electron chi connectivity index (χ1n) is 11.3. The summed E-state index contributed by atoms with van der Waals surface area (Å²) in [6, 6.07) is 15.1. The lowest BCUT2D eigenvalue weighted by Crippen LogP contribution is -2.51. The van der Waals surface area contributed by atoms with Crippen molar-refractivity contribution >= 4 is 16.8 Å². The number of likely N-dealkylation sites (tertiary alicyclic amines) is 1. The molecule has 7 heteroatoms. The van der Waals surface area contributed by atoms with Gasteiger partial charge in [-0.05, 0) is 38.1 Å². The number of H-pyrrole nitrogens is 1. The maximum atomic E-state index is 12.9. The molecule has 32 heavy (non-hydrogen) atoms. The van der Waals surface area contributed by atoms with Gasteiger partial charge in [0.05, 0.1) is 16.9 Å². The molecule has 0 aliphatic carbocycles. The Bertz CT molecular complexity index is 1200. The Morgan fingerprint density at radius 3 is 2.78 bits per heavy atom. The van der Waals surface area contributed by atoms with Crippen molar-refractivity contribution in [1.29, 1.82) is 0 Å². The summed E-state index contributed by atoms with van der Waals surface area (Å²) in [6.45, 7) is 1.98. The average Bonchev–Trinajstić information content (AvgIpc) is 2.80. The number of para-hydroxylation sites is 2. The molecule has 166 valence electrons. The maximum Gasteiger partial charge on any atom is 0.258 e. The van der Waals surface area contributed by atoms with Gasteiger partial charge in [0.15, 0.2) is 0 Å². The molecular formula is C25H28N4O3. The van der Waals surface area contributed by atoms with Gasteiger partial charge in [0.1, 0.15) is 17.2 Å². The number of aromatic nitrogens is 2. The molecular weight excluding hydrogens is 404 g/mol. The number of aromatic amines is 1. The second-order valence-corrected chi connectivity index (χ2v) is 8.98. The number of hydrogen-bond donors (Lipinski definition) is 2. The lowest BCUT2D eigenvalue weighted by molar-refractivity contribution is -0.122. The monoisotopic (exact) mass is 432 g/mol. The van der Waals surface area contributed by atoms with Gasteiger partial charge in [-0.2, -0.15) is 0 Å². The van der Waals surface area contributed by atoms with Crippen LogP contribution in [-0.2, 0) is 11.2 Å². The molecule has 7 nitrogen and oxygen atoms in total. The Morgan fingerprint density at radius 1 is 1.19 bits per heavy atom. The number of rotatable bonds is 4. The van der Waals surface area contributed by atoms with Crippen molar-refractivity contribution in [2.45, 2.75) is 43.7 Å². The summed E-state index contributed by atoms with van der Waals surface area (Å²) in [7, 11) is 2.13. The largest absolute Gasteiger partial charge is 0.487 e. The van der Waals surface area contributed by atoms with E-state index in [0.717, 1.165) is 43.7 Å². The van der Waals surface area contributed by atoms with Crippen LogP contribution in [0.3, 0.4) is 0 Å². The second-order valence-electron chi connectivity index (χ2n) is 8.98. The van der Waals surface area contributed by atoms with Gasteiger partial charge in [-0.15, -0.1) is 0 Å². The smallest absolute Gasteiger partial charge is 0.258 e. The molecule has 0 saturated carbocycles. The predicted molar refractivity (Wildman–Crippen MR) is 123 cm³/mol. The number of carbonyl (C=O) groups is 1. The fraction of sp³-hybridized carbons (Fsp3) is 0.400. The molecule has 0 radical (unpaired) electrons. The summed E-state index contributed by atoms with van der Waals surface area (Å²) in [5.74, 6) is 1.35. The summed E-state index contributed by atoms with van der Waals surface area (Å²) < 4.78 is 6.48. The summed E-state index contributed by atoms with van der Waals surface area (Å²) in [6.07, 6.45) is 3.32. The van der Waals surface area contributed by atoms with Crippen LogP contribution >= 0.6 is 0 Å². The highest BCUT2D eigenvalue weighted by molar-refractivity contribution is 5.78. The van der Waals surface area contributed by atoms with E-state index >= 15 is 0 Å². The first kappa shape index (κ1) is 20.7. The molecule has 1 aromatic heterocycles. The van der Waals surface area contributed by atoms with Crippen molar-refractivity contribution < 1.29 is 9.53 Å². The van der Waals surface area contributed by atoms with E-state index in [-0.39, 0.29) is 29.5 Å². The maximum absolute atomic E-state index is 12.9. The first-order valence-corrected chi connectivity index (χ1v) is 11.3. The molecule has 1 unspecified atom stereocenters. The van der Waals surface area contributed by atoms with Crippen LogP contribution in [0, 0.1) is 0 Å². The van der Waals surface area contributed by atoms with Gasteiger partial charge in [0.2, 0.25) is 5.91 Å². The molecule has 0 bridgehead atoms. The second kappa shape index (κ2) is 8.39. The molecule has 1 fully saturated rings. The Labute approximate surface area is 186 Å². The number of nitrogens with zero attached hydrogens (tertiary/aromatic N) is 2. The minimum absolute atomic E-state index is 0.0504. The standard InChI is InChI=1S/C25H28N4O3/c1-29-14-12-25(13-15-29)16-20(17-6-3-5-9-21(17)32-25)27-23(30)11-10-22-26-19-8-4-2-7-18(19)24(31)28-22/h2-9,20H,10-16H2,1H3,(H,27,30)(H,26,28,31). The van der Waals surface area contributed by atoms with Crippen LogP contribution in [0.4, 0.5) is 0 Å². The molecule has 1 spiro atoms. The van der Waals surface area contributed by atoms with Gasteiger partial charge in [0.25, 0.3) is 5.56 Å². The van der Waals surface area contributed by atoms with Crippen LogP contribution in [0.25, 0.3) is 10.9 Å². The molecule has 1 saturated heterocycles. The summed E-state index contributed by atoms with van der Waals surface area (Å²) in [5, 5.41) is 3.79. The van der Waals surface area contributed by atoms with E-state index in [0.29, 0.717) is 23.1 Å². The molecule has 3 aromatic rings. The fourth-order valence-electron chi connectivity index (χ4n) is 4.83. The molecule has 3 heterocycles. The fourth-order valence-corrected chi connectivity index (χ4v) is 4.83. The highest BCUT2D eigenvalue weighted by atomic mass is 16.5. The predicted octanol–water partition coefficient (Wildman–Crippen LogP) is 2.96. The third kappa shape index (κ3) is 4.12. The van der Waals surface area contributed by atoms with Crippen molar-refractivity contribution in [2.24, 2.45) is 0 Å². The summed E-state index contributed by atoms with van der Waals surface area (Å²) in [5.41, 5.74) is 1.27. The van der Waals surface area contributed by atoms with E-state index in [2.05, 4.69) is 27.2 Å². The number of amides is 1. The highest BCUT2D eigenvalue weighted by Gasteiger charge is 2.43. The molecule has 1 amide bonds. The zero-order chi connectivity index (χ0) is 22.1. The number of nitrogens with one attached hydrogen (secondary N) is 2. The zero-order valence-electron chi connectivity index (χ0n) is 18.3. The minimum Gasteiger partial charge on any atom is -0.487 e. The van der Waals surface area contributed by atoms with Crippen molar-refractivity contribution in [3.05, 3.63) is 70.3 Å². The number of ether oxygens (including phenoxy) is 1. The topological polar surface area (TPSA) is 87.3 Å². The first-order chi connectivity index (χ1) is 15.5. The third-order valence-corrected chi connectivity index (χ3v) is 6.68. The van der Waals surface area contributed by atoms with Crippen molar-refractivity contribution in [3.8, 4) is 5.75 Å². The molecule has 2 aromatic carbocycles. The van der Waals surface area contributed by atoms with E-state index in [1.807, 2.05) is 42.5 Å². The number of aryl methyl sites for hydroxylation is 1. The molecule has 2 N–H and O–H groups in total. The van der Waals surface area contributed by atoms with Gasteiger partial charge in [-0.1, -0.05) is 30.3 Å². The molecule has 2 aliphatic rings. The quantitative estimate of drug-likeness (QED) is 0.662. The normalized spacial score (nSPS) is 20.0. The number of benzene rings is 2. The van der Waals surface area contributed by atoms with Crippen molar-refractivity contribution in [3.63, 3.8) is 0 Å².